The van der Waals surface area contributed by atoms with Crippen molar-refractivity contribution in [2.75, 3.05) is 7.11 Å². The Balaban J connectivity index is 2.14. The predicted octanol–water partition coefficient (Wildman–Crippen LogP) is 4.15. The first-order valence-electron chi connectivity index (χ1n) is 6.82. The predicted molar refractivity (Wildman–Crippen MR) is 105 cm³/mol. The molecule has 0 fully saturated rings. The van der Waals surface area contributed by atoms with Crippen LogP contribution in [0, 0.1) is 0 Å². The second-order valence-electron chi connectivity index (χ2n) is 4.65. The molecular formula is C16H18I2N2O2. The highest BCUT2D eigenvalue weighted by molar-refractivity contribution is 14.1. The highest BCUT2D eigenvalue weighted by Crippen LogP contribution is 2.23. The van der Waals surface area contributed by atoms with Crippen LogP contribution in [-0.4, -0.2) is 7.11 Å². The smallest absolute Gasteiger partial charge is 0.124 e. The molecule has 2 aromatic carbocycles. The maximum absolute atomic E-state index is 6.02. The molecule has 0 saturated carbocycles. The summed E-state index contributed by atoms with van der Waals surface area (Å²) >= 11 is 4.29. The van der Waals surface area contributed by atoms with Crippen molar-refractivity contribution in [1.82, 2.24) is 7.06 Å². The van der Waals surface area contributed by atoms with Crippen LogP contribution in [0.2, 0.25) is 0 Å². The van der Waals surface area contributed by atoms with E-state index in [0.29, 0.717) is 6.61 Å². The largest absolute Gasteiger partial charge is 0.497 e. The molecule has 6 heteroatoms. The lowest BCUT2D eigenvalue weighted by Crippen LogP contribution is -2.07. The van der Waals surface area contributed by atoms with Crippen molar-refractivity contribution in [3.05, 3.63) is 59.2 Å². The van der Waals surface area contributed by atoms with Gasteiger partial charge in [0.15, 0.2) is 0 Å². The topological polar surface area (TPSA) is 42.5 Å². The highest BCUT2D eigenvalue weighted by atomic mass is 127. The summed E-state index contributed by atoms with van der Waals surface area (Å²) in [4.78, 5) is 0. The van der Waals surface area contributed by atoms with Gasteiger partial charge < -0.3 is 9.47 Å². The number of rotatable bonds is 8. The van der Waals surface area contributed by atoms with Gasteiger partial charge in [-0.1, -0.05) is 24.3 Å². The van der Waals surface area contributed by atoms with Gasteiger partial charge in [0.1, 0.15) is 18.1 Å². The lowest BCUT2D eigenvalue weighted by Gasteiger charge is -2.14. The van der Waals surface area contributed by atoms with Crippen LogP contribution in [0.15, 0.2) is 42.5 Å². The molecule has 0 amide bonds. The Morgan fingerprint density at radius 2 is 1.64 bits per heavy atom. The van der Waals surface area contributed by atoms with E-state index in [1.54, 1.807) is 7.11 Å². The van der Waals surface area contributed by atoms with Gasteiger partial charge in [0.05, 0.1) is 7.11 Å². The number of methoxy groups -OCH3 is 1. The van der Waals surface area contributed by atoms with Crippen LogP contribution in [0.4, 0.5) is 0 Å². The average Bonchev–Trinajstić information content (AvgIpc) is 2.55. The summed E-state index contributed by atoms with van der Waals surface area (Å²) in [7, 11) is 1.68. The lowest BCUT2D eigenvalue weighted by atomic mass is 10.1. The molecule has 22 heavy (non-hydrogen) atoms. The van der Waals surface area contributed by atoms with E-state index in [1.165, 1.54) is 5.56 Å². The van der Waals surface area contributed by atoms with E-state index in [2.05, 4.69) is 64.9 Å². The third-order valence-corrected chi connectivity index (χ3v) is 4.05. The fourth-order valence-corrected chi connectivity index (χ4v) is 2.95. The molecule has 0 atom stereocenters. The fraction of sp³-hybridized carbons (Fsp3) is 0.250. The molecule has 0 radical (unpaired) electrons. The molecule has 118 valence electrons. The Bertz CT molecular complexity index is 608. The minimum Gasteiger partial charge on any atom is -0.497 e. The van der Waals surface area contributed by atoms with Crippen LogP contribution in [0.1, 0.15) is 16.7 Å². The number of ether oxygens (including phenoxy) is 2. The second kappa shape index (κ2) is 9.53. The van der Waals surface area contributed by atoms with Gasteiger partial charge in [0, 0.05) is 64.4 Å². The minimum atomic E-state index is 0.538. The first-order chi connectivity index (χ1) is 10.8. The Hall–Kier alpha value is -0.580. The summed E-state index contributed by atoms with van der Waals surface area (Å²) in [5.74, 6) is 1.77. The monoisotopic (exact) mass is 524 g/mol. The Morgan fingerprint density at radius 3 is 2.36 bits per heavy atom. The molecule has 4 nitrogen and oxygen atoms in total. The summed E-state index contributed by atoms with van der Waals surface area (Å²) < 4.78 is 17.6. The summed E-state index contributed by atoms with van der Waals surface area (Å²) in [5, 5.41) is 0. The average molecular weight is 524 g/mol. The van der Waals surface area contributed by atoms with Crippen molar-refractivity contribution in [2.45, 2.75) is 19.7 Å². The number of hydrogen-bond acceptors (Lipinski definition) is 4. The van der Waals surface area contributed by atoms with Crippen molar-refractivity contribution in [3.8, 4) is 11.5 Å². The SMILES string of the molecule is COc1ccc(COc2ccccc2CNI)c(CNI)c1. The Morgan fingerprint density at radius 1 is 0.909 bits per heavy atom. The van der Waals surface area contributed by atoms with Gasteiger partial charge in [-0.2, -0.15) is 0 Å². The van der Waals surface area contributed by atoms with Crippen LogP contribution < -0.4 is 16.5 Å². The molecule has 2 aromatic rings. The first-order valence-corrected chi connectivity index (χ1v) is 8.97. The van der Waals surface area contributed by atoms with E-state index in [1.807, 2.05) is 30.3 Å². The summed E-state index contributed by atoms with van der Waals surface area (Å²) in [5.41, 5.74) is 3.49. The Kier molecular flexibility index (Phi) is 7.70. The Labute approximate surface area is 159 Å². The highest BCUT2D eigenvalue weighted by Gasteiger charge is 2.07. The first kappa shape index (κ1) is 17.8. The minimum absolute atomic E-state index is 0.538. The zero-order valence-corrected chi connectivity index (χ0v) is 16.6. The third-order valence-electron chi connectivity index (χ3n) is 3.28. The van der Waals surface area contributed by atoms with Crippen molar-refractivity contribution < 1.29 is 9.47 Å². The van der Waals surface area contributed by atoms with Crippen LogP contribution >= 0.6 is 45.7 Å². The van der Waals surface area contributed by atoms with Crippen LogP contribution in [0.3, 0.4) is 0 Å². The van der Waals surface area contributed by atoms with E-state index in [-0.39, 0.29) is 0 Å². The molecule has 2 rings (SSSR count). The lowest BCUT2D eigenvalue weighted by molar-refractivity contribution is 0.301. The molecule has 0 aromatic heterocycles. The second-order valence-corrected chi connectivity index (χ2v) is 6.18. The van der Waals surface area contributed by atoms with Gasteiger partial charge in [-0.15, -0.1) is 0 Å². The summed E-state index contributed by atoms with van der Waals surface area (Å²) in [6.45, 7) is 2.09. The van der Waals surface area contributed by atoms with Crippen molar-refractivity contribution in [2.24, 2.45) is 0 Å². The standard InChI is InChI=1S/C16H18I2N2O2/c1-21-15-7-6-13(14(8-15)10-20-18)11-22-16-5-3-2-4-12(16)9-19-17/h2-8,19-20H,9-11H2,1H3. The number of halogens is 2. The van der Waals surface area contributed by atoms with E-state index < -0.39 is 0 Å². The molecule has 0 saturated heterocycles. The fourth-order valence-electron chi connectivity index (χ4n) is 2.12. The van der Waals surface area contributed by atoms with Gasteiger partial charge in [-0.05, 0) is 29.3 Å². The van der Waals surface area contributed by atoms with Gasteiger partial charge in [-0.25, -0.2) is 0 Å². The molecule has 0 aliphatic heterocycles. The maximum Gasteiger partial charge on any atom is 0.124 e. The normalized spacial score (nSPS) is 10.5. The molecule has 2 N–H and O–H groups in total. The zero-order chi connectivity index (χ0) is 15.8. The number of benzene rings is 2. The number of nitrogens with one attached hydrogen (secondary N) is 2. The molecule has 0 bridgehead atoms. The summed E-state index contributed by atoms with van der Waals surface area (Å²) in [6, 6.07) is 14.2. The number of para-hydroxylation sites is 1. The molecule has 0 unspecified atom stereocenters. The van der Waals surface area contributed by atoms with E-state index in [9.17, 15) is 0 Å². The molecule has 0 aliphatic rings. The summed E-state index contributed by atoms with van der Waals surface area (Å²) in [6.07, 6.45) is 0. The maximum atomic E-state index is 6.02. The van der Waals surface area contributed by atoms with E-state index in [4.69, 9.17) is 9.47 Å². The van der Waals surface area contributed by atoms with Crippen LogP contribution in [0.25, 0.3) is 0 Å². The van der Waals surface area contributed by atoms with Crippen LogP contribution in [0.5, 0.6) is 11.5 Å². The van der Waals surface area contributed by atoms with Crippen molar-refractivity contribution >= 4 is 45.7 Å². The van der Waals surface area contributed by atoms with Crippen molar-refractivity contribution in [3.63, 3.8) is 0 Å². The van der Waals surface area contributed by atoms with Crippen molar-refractivity contribution in [1.29, 1.82) is 0 Å². The molecular weight excluding hydrogens is 506 g/mol. The van der Waals surface area contributed by atoms with Gasteiger partial charge in [0.2, 0.25) is 0 Å². The molecule has 0 aliphatic carbocycles. The van der Waals surface area contributed by atoms with Gasteiger partial charge in [-0.3, -0.25) is 7.06 Å². The van der Waals surface area contributed by atoms with E-state index in [0.717, 1.165) is 35.7 Å². The molecule has 0 spiro atoms. The number of hydrogen-bond donors (Lipinski definition) is 2. The van der Waals surface area contributed by atoms with Gasteiger partial charge in [0.25, 0.3) is 0 Å². The zero-order valence-electron chi connectivity index (χ0n) is 12.2. The third kappa shape index (κ3) is 4.97. The van der Waals surface area contributed by atoms with Gasteiger partial charge >= 0.3 is 0 Å². The molecule has 0 heterocycles. The van der Waals surface area contributed by atoms with Crippen LogP contribution in [-0.2, 0) is 19.7 Å². The van der Waals surface area contributed by atoms with E-state index >= 15 is 0 Å². The quantitative estimate of drug-likeness (QED) is 0.403.